The van der Waals surface area contributed by atoms with Crippen LogP contribution >= 0.6 is 11.6 Å². The van der Waals surface area contributed by atoms with Crippen LogP contribution in [0.5, 0.6) is 0 Å². The zero-order valence-electron chi connectivity index (χ0n) is 9.76. The number of nitrogens with one attached hydrogen (secondary N) is 1. The summed E-state index contributed by atoms with van der Waals surface area (Å²) in [4.78, 5) is 8.13. The van der Waals surface area contributed by atoms with Crippen molar-refractivity contribution in [2.45, 2.75) is 46.1 Å². The van der Waals surface area contributed by atoms with E-state index in [0.29, 0.717) is 0 Å². The number of aryl methyl sites for hydroxylation is 1. The van der Waals surface area contributed by atoms with Gasteiger partial charge in [0.1, 0.15) is 5.82 Å². The Morgan fingerprint density at radius 1 is 1.40 bits per heavy atom. The summed E-state index contributed by atoms with van der Waals surface area (Å²) in [6, 6.07) is 0. The van der Waals surface area contributed by atoms with Gasteiger partial charge >= 0.3 is 0 Å². The van der Waals surface area contributed by atoms with Crippen LogP contribution in [-0.4, -0.2) is 15.5 Å². The molecule has 0 bridgehead atoms. The zero-order valence-corrected chi connectivity index (χ0v) is 10.5. The molecular formula is C11H18ClN3. The molecule has 1 heterocycles. The van der Waals surface area contributed by atoms with Crippen molar-refractivity contribution in [1.29, 1.82) is 0 Å². The van der Waals surface area contributed by atoms with E-state index in [1.165, 1.54) is 0 Å². The molecule has 1 aromatic heterocycles. The van der Waals surface area contributed by atoms with Gasteiger partial charge in [-0.05, 0) is 38.3 Å². The van der Waals surface area contributed by atoms with Gasteiger partial charge in [-0.15, -0.1) is 0 Å². The third-order valence-corrected chi connectivity index (χ3v) is 3.11. The smallest absolute Gasteiger partial charge is 0.224 e. The molecule has 1 N–H and O–H groups in total. The monoisotopic (exact) mass is 227 g/mol. The minimum absolute atomic E-state index is 0.0719. The second-order valence-corrected chi connectivity index (χ2v) is 4.40. The van der Waals surface area contributed by atoms with Gasteiger partial charge in [-0.1, -0.05) is 13.8 Å². The third-order valence-electron chi connectivity index (χ3n) is 2.92. The fourth-order valence-electron chi connectivity index (χ4n) is 1.26. The Labute approximate surface area is 96.3 Å². The molecule has 0 radical (unpaired) electrons. The molecule has 0 spiro atoms. The molecule has 1 rings (SSSR count). The van der Waals surface area contributed by atoms with Gasteiger partial charge in [0.2, 0.25) is 5.28 Å². The van der Waals surface area contributed by atoms with Crippen LogP contribution in [0.15, 0.2) is 6.20 Å². The van der Waals surface area contributed by atoms with E-state index >= 15 is 0 Å². The number of hydrogen-bond acceptors (Lipinski definition) is 3. The molecule has 0 aliphatic heterocycles. The first-order chi connectivity index (χ1) is 7.00. The predicted octanol–water partition coefficient (Wildman–Crippen LogP) is 3.43. The van der Waals surface area contributed by atoms with E-state index in [1.807, 2.05) is 6.92 Å². The van der Waals surface area contributed by atoms with Gasteiger partial charge in [-0.2, -0.15) is 0 Å². The molecule has 0 saturated carbocycles. The lowest BCUT2D eigenvalue weighted by molar-refractivity contribution is 0.476. The summed E-state index contributed by atoms with van der Waals surface area (Å²) in [5.74, 6) is 0.834. The molecule has 0 saturated heterocycles. The largest absolute Gasteiger partial charge is 0.365 e. The second-order valence-electron chi connectivity index (χ2n) is 4.06. The van der Waals surface area contributed by atoms with Gasteiger partial charge < -0.3 is 5.32 Å². The van der Waals surface area contributed by atoms with Gasteiger partial charge in [0.05, 0.1) is 0 Å². The molecule has 0 aromatic carbocycles. The van der Waals surface area contributed by atoms with Crippen molar-refractivity contribution in [3.63, 3.8) is 0 Å². The zero-order chi connectivity index (χ0) is 11.5. The Bertz CT molecular complexity index is 335. The molecule has 0 aliphatic carbocycles. The van der Waals surface area contributed by atoms with E-state index < -0.39 is 0 Å². The van der Waals surface area contributed by atoms with Crippen LogP contribution in [0, 0.1) is 6.92 Å². The second kappa shape index (κ2) is 4.79. The lowest BCUT2D eigenvalue weighted by Gasteiger charge is -2.29. The average molecular weight is 228 g/mol. The van der Waals surface area contributed by atoms with Crippen LogP contribution in [0.3, 0.4) is 0 Å². The number of halogens is 1. The Morgan fingerprint density at radius 2 is 2.00 bits per heavy atom. The molecule has 1 aromatic rings. The summed E-state index contributed by atoms with van der Waals surface area (Å²) in [6.07, 6.45) is 3.83. The Balaban J connectivity index is 2.92. The van der Waals surface area contributed by atoms with Gasteiger partial charge in [0, 0.05) is 17.3 Å². The lowest BCUT2D eigenvalue weighted by Crippen LogP contribution is -2.33. The highest BCUT2D eigenvalue weighted by molar-refractivity contribution is 6.28. The summed E-state index contributed by atoms with van der Waals surface area (Å²) in [5, 5.41) is 3.72. The van der Waals surface area contributed by atoms with Crippen molar-refractivity contribution in [1.82, 2.24) is 9.97 Å². The van der Waals surface area contributed by atoms with Gasteiger partial charge in [0.15, 0.2) is 0 Å². The molecule has 0 aliphatic rings. The van der Waals surface area contributed by atoms with E-state index in [2.05, 4.69) is 36.1 Å². The van der Waals surface area contributed by atoms with Crippen molar-refractivity contribution in [2.75, 3.05) is 5.32 Å². The van der Waals surface area contributed by atoms with Crippen molar-refractivity contribution >= 4 is 17.4 Å². The lowest BCUT2D eigenvalue weighted by atomic mass is 9.95. The summed E-state index contributed by atoms with van der Waals surface area (Å²) in [6.45, 7) is 8.48. The van der Waals surface area contributed by atoms with Crippen molar-refractivity contribution < 1.29 is 0 Å². The molecule has 0 fully saturated rings. The summed E-state index contributed by atoms with van der Waals surface area (Å²) in [5.41, 5.74) is 1.09. The van der Waals surface area contributed by atoms with Crippen LogP contribution < -0.4 is 5.32 Å². The highest BCUT2D eigenvalue weighted by Crippen LogP contribution is 2.22. The van der Waals surface area contributed by atoms with Crippen LogP contribution in [0.25, 0.3) is 0 Å². The fraction of sp³-hybridized carbons (Fsp3) is 0.636. The van der Waals surface area contributed by atoms with E-state index in [1.54, 1.807) is 6.20 Å². The molecule has 15 heavy (non-hydrogen) atoms. The summed E-state index contributed by atoms with van der Waals surface area (Å²) < 4.78 is 0. The van der Waals surface area contributed by atoms with Crippen molar-refractivity contribution in [3.8, 4) is 0 Å². The van der Waals surface area contributed by atoms with Crippen molar-refractivity contribution in [2.24, 2.45) is 0 Å². The van der Waals surface area contributed by atoms with Crippen LogP contribution in [0.1, 0.15) is 39.2 Å². The van der Waals surface area contributed by atoms with Gasteiger partial charge in [-0.25, -0.2) is 9.97 Å². The minimum atomic E-state index is 0.0719. The molecule has 4 heteroatoms. The van der Waals surface area contributed by atoms with E-state index in [-0.39, 0.29) is 10.8 Å². The van der Waals surface area contributed by atoms with E-state index in [9.17, 15) is 0 Å². The standard InChI is InChI=1S/C11H18ClN3/c1-5-11(4,6-2)15-9-8(3)7-13-10(12)14-9/h7H,5-6H2,1-4H3,(H,13,14,15). The highest BCUT2D eigenvalue weighted by atomic mass is 35.5. The maximum atomic E-state index is 5.77. The fourth-order valence-corrected chi connectivity index (χ4v) is 1.39. The molecular weight excluding hydrogens is 210 g/mol. The first-order valence-corrected chi connectivity index (χ1v) is 5.66. The van der Waals surface area contributed by atoms with Crippen LogP contribution in [0.4, 0.5) is 5.82 Å². The first kappa shape index (κ1) is 12.2. The number of anilines is 1. The van der Waals surface area contributed by atoms with E-state index in [0.717, 1.165) is 24.2 Å². The number of nitrogens with zero attached hydrogens (tertiary/aromatic N) is 2. The van der Waals surface area contributed by atoms with Gasteiger partial charge in [0.25, 0.3) is 0 Å². The average Bonchev–Trinajstić information content (AvgIpc) is 2.23. The Morgan fingerprint density at radius 3 is 2.53 bits per heavy atom. The number of rotatable bonds is 4. The molecule has 84 valence electrons. The van der Waals surface area contributed by atoms with Crippen molar-refractivity contribution in [3.05, 3.63) is 17.0 Å². The predicted molar refractivity (Wildman–Crippen MR) is 64.4 cm³/mol. The van der Waals surface area contributed by atoms with Gasteiger partial charge in [-0.3, -0.25) is 0 Å². The third kappa shape index (κ3) is 3.06. The maximum absolute atomic E-state index is 5.77. The number of aromatic nitrogens is 2. The highest BCUT2D eigenvalue weighted by Gasteiger charge is 2.20. The summed E-state index contributed by atoms with van der Waals surface area (Å²) >= 11 is 5.77. The normalized spacial score (nSPS) is 11.5. The first-order valence-electron chi connectivity index (χ1n) is 5.28. The van der Waals surface area contributed by atoms with E-state index in [4.69, 9.17) is 11.6 Å². The topological polar surface area (TPSA) is 37.8 Å². The molecule has 3 nitrogen and oxygen atoms in total. The molecule has 0 amide bonds. The van der Waals surface area contributed by atoms with Crippen LogP contribution in [-0.2, 0) is 0 Å². The summed E-state index contributed by atoms with van der Waals surface area (Å²) in [7, 11) is 0. The Hall–Kier alpha value is -0.830. The number of hydrogen-bond donors (Lipinski definition) is 1. The SMILES string of the molecule is CCC(C)(CC)Nc1nc(Cl)ncc1C. The molecule has 0 unspecified atom stereocenters. The maximum Gasteiger partial charge on any atom is 0.224 e. The minimum Gasteiger partial charge on any atom is -0.365 e. The Kier molecular flexibility index (Phi) is 3.91. The molecule has 0 atom stereocenters. The quantitative estimate of drug-likeness (QED) is 0.801. The van der Waals surface area contributed by atoms with Crippen LogP contribution in [0.2, 0.25) is 5.28 Å².